The monoisotopic (exact) mass is 220 g/mol. The molecule has 4 nitrogen and oxygen atoms in total. The summed E-state index contributed by atoms with van der Waals surface area (Å²) in [5.74, 6) is 0.109. The molecule has 16 heavy (non-hydrogen) atoms. The molecule has 1 heterocycles. The summed E-state index contributed by atoms with van der Waals surface area (Å²) in [6.45, 7) is 3.11. The van der Waals surface area contributed by atoms with Gasteiger partial charge >= 0.3 is 0 Å². The van der Waals surface area contributed by atoms with E-state index >= 15 is 0 Å². The molecule has 1 amide bonds. The Bertz CT molecular complexity index is 417. The van der Waals surface area contributed by atoms with E-state index in [0.29, 0.717) is 18.7 Å². The number of rotatable bonds is 1. The molecule has 0 saturated carbocycles. The zero-order valence-electron chi connectivity index (χ0n) is 9.31. The fourth-order valence-corrected chi connectivity index (χ4v) is 1.90. The molecular formula is C12H16N2O2. The quantitative estimate of drug-likeness (QED) is 0.738. The molecular weight excluding hydrogens is 204 g/mol. The van der Waals surface area contributed by atoms with Gasteiger partial charge in [0.05, 0.1) is 0 Å². The van der Waals surface area contributed by atoms with Gasteiger partial charge in [0.2, 0.25) is 0 Å². The SMILES string of the molecule is Cc1ccc(C(=O)N2CCC(N)C2)cc1O. The zero-order valence-corrected chi connectivity index (χ0v) is 9.31. The van der Waals surface area contributed by atoms with Crippen LogP contribution in [0.25, 0.3) is 0 Å². The predicted octanol–water partition coefficient (Wildman–Crippen LogP) is 0.874. The average Bonchev–Trinajstić information content (AvgIpc) is 2.68. The third-order valence-corrected chi connectivity index (χ3v) is 2.97. The Hall–Kier alpha value is -1.55. The molecule has 0 radical (unpaired) electrons. The van der Waals surface area contributed by atoms with Crippen molar-refractivity contribution in [3.63, 3.8) is 0 Å². The van der Waals surface area contributed by atoms with E-state index in [1.807, 2.05) is 0 Å². The molecule has 1 fully saturated rings. The molecule has 0 spiro atoms. The molecule has 3 N–H and O–H groups in total. The lowest BCUT2D eigenvalue weighted by molar-refractivity contribution is 0.0790. The van der Waals surface area contributed by atoms with Crippen molar-refractivity contribution in [2.75, 3.05) is 13.1 Å². The highest BCUT2D eigenvalue weighted by atomic mass is 16.3. The molecule has 4 heteroatoms. The Morgan fingerprint density at radius 1 is 1.56 bits per heavy atom. The van der Waals surface area contributed by atoms with E-state index in [-0.39, 0.29) is 17.7 Å². The second-order valence-corrected chi connectivity index (χ2v) is 4.30. The first kappa shape index (κ1) is 11.0. The number of nitrogens with two attached hydrogens (primary N) is 1. The van der Waals surface area contributed by atoms with Crippen LogP contribution in [0.2, 0.25) is 0 Å². The minimum atomic E-state index is -0.0525. The smallest absolute Gasteiger partial charge is 0.254 e. The fourth-order valence-electron chi connectivity index (χ4n) is 1.90. The van der Waals surface area contributed by atoms with Gasteiger partial charge in [0.15, 0.2) is 0 Å². The number of aromatic hydroxyl groups is 1. The van der Waals surface area contributed by atoms with Crippen LogP contribution in [0.1, 0.15) is 22.3 Å². The highest BCUT2D eigenvalue weighted by molar-refractivity contribution is 5.95. The van der Waals surface area contributed by atoms with Crippen LogP contribution in [0.15, 0.2) is 18.2 Å². The van der Waals surface area contributed by atoms with Gasteiger partial charge in [-0.2, -0.15) is 0 Å². The Kier molecular flexibility index (Phi) is 2.83. The van der Waals surface area contributed by atoms with Crippen LogP contribution < -0.4 is 5.73 Å². The largest absolute Gasteiger partial charge is 0.508 e. The van der Waals surface area contributed by atoms with Crippen LogP contribution in [0, 0.1) is 6.92 Å². The lowest BCUT2D eigenvalue weighted by atomic mass is 10.1. The molecule has 1 unspecified atom stereocenters. The van der Waals surface area contributed by atoms with Crippen molar-refractivity contribution < 1.29 is 9.90 Å². The van der Waals surface area contributed by atoms with Crippen LogP contribution in [0.3, 0.4) is 0 Å². The summed E-state index contributed by atoms with van der Waals surface area (Å²) in [5, 5.41) is 9.55. The van der Waals surface area contributed by atoms with Gasteiger partial charge in [-0.25, -0.2) is 0 Å². The Morgan fingerprint density at radius 3 is 2.88 bits per heavy atom. The van der Waals surface area contributed by atoms with Gasteiger partial charge in [-0.05, 0) is 31.0 Å². The maximum Gasteiger partial charge on any atom is 0.254 e. The third kappa shape index (κ3) is 2.02. The molecule has 1 aliphatic rings. The second-order valence-electron chi connectivity index (χ2n) is 4.30. The number of carbonyl (C=O) groups is 1. The normalized spacial score (nSPS) is 20.1. The summed E-state index contributed by atoms with van der Waals surface area (Å²) in [4.78, 5) is 13.7. The molecule has 1 aliphatic heterocycles. The van der Waals surface area contributed by atoms with Crippen LogP contribution in [-0.4, -0.2) is 35.0 Å². The van der Waals surface area contributed by atoms with Crippen LogP contribution >= 0.6 is 0 Å². The lowest BCUT2D eigenvalue weighted by Crippen LogP contribution is -2.31. The summed E-state index contributed by atoms with van der Waals surface area (Å²) in [6.07, 6.45) is 0.851. The summed E-state index contributed by atoms with van der Waals surface area (Å²) in [6, 6.07) is 5.09. The standard InChI is InChI=1S/C12H16N2O2/c1-8-2-3-9(6-11(8)15)12(16)14-5-4-10(13)7-14/h2-3,6,10,15H,4-5,7,13H2,1H3. The molecule has 0 aromatic heterocycles. The number of hydrogen-bond acceptors (Lipinski definition) is 3. The van der Waals surface area contributed by atoms with Crippen LogP contribution in [-0.2, 0) is 0 Å². The lowest BCUT2D eigenvalue weighted by Gasteiger charge is -2.16. The molecule has 1 aromatic rings. The van der Waals surface area contributed by atoms with Gasteiger partial charge in [-0.3, -0.25) is 4.79 Å². The minimum absolute atomic E-state index is 0.0525. The predicted molar refractivity (Wildman–Crippen MR) is 61.3 cm³/mol. The number of phenols is 1. The highest BCUT2D eigenvalue weighted by Crippen LogP contribution is 2.20. The number of hydrogen-bond donors (Lipinski definition) is 2. The number of likely N-dealkylation sites (tertiary alicyclic amines) is 1. The van der Waals surface area contributed by atoms with Crippen molar-refractivity contribution in [2.45, 2.75) is 19.4 Å². The van der Waals surface area contributed by atoms with Gasteiger partial charge in [0.25, 0.3) is 5.91 Å². The van der Waals surface area contributed by atoms with Gasteiger partial charge in [0, 0.05) is 24.7 Å². The maximum absolute atomic E-state index is 12.0. The van der Waals surface area contributed by atoms with Crippen molar-refractivity contribution in [2.24, 2.45) is 5.73 Å². The Morgan fingerprint density at radius 2 is 2.31 bits per heavy atom. The van der Waals surface area contributed by atoms with Crippen molar-refractivity contribution >= 4 is 5.91 Å². The first-order valence-electron chi connectivity index (χ1n) is 5.42. The molecule has 0 aliphatic carbocycles. The third-order valence-electron chi connectivity index (χ3n) is 2.97. The summed E-state index contributed by atoms with van der Waals surface area (Å²) < 4.78 is 0. The fraction of sp³-hybridized carbons (Fsp3) is 0.417. The summed E-state index contributed by atoms with van der Waals surface area (Å²) >= 11 is 0. The first-order valence-corrected chi connectivity index (χ1v) is 5.42. The van der Waals surface area contributed by atoms with Crippen molar-refractivity contribution in [3.8, 4) is 5.75 Å². The van der Waals surface area contributed by atoms with Crippen molar-refractivity contribution in [1.29, 1.82) is 0 Å². The van der Waals surface area contributed by atoms with Crippen LogP contribution in [0.4, 0.5) is 0 Å². The minimum Gasteiger partial charge on any atom is -0.508 e. The Balaban J connectivity index is 2.18. The van der Waals surface area contributed by atoms with E-state index in [4.69, 9.17) is 5.73 Å². The topological polar surface area (TPSA) is 66.6 Å². The number of phenolic OH excluding ortho intramolecular Hbond substituents is 1. The van der Waals surface area contributed by atoms with Gasteiger partial charge in [-0.1, -0.05) is 6.07 Å². The van der Waals surface area contributed by atoms with Crippen molar-refractivity contribution in [1.82, 2.24) is 4.90 Å². The van der Waals surface area contributed by atoms with Crippen molar-refractivity contribution in [3.05, 3.63) is 29.3 Å². The van der Waals surface area contributed by atoms with E-state index in [1.165, 1.54) is 6.07 Å². The summed E-state index contributed by atoms with van der Waals surface area (Å²) in [5.41, 5.74) is 7.05. The molecule has 2 rings (SSSR count). The number of nitrogens with zero attached hydrogens (tertiary/aromatic N) is 1. The number of carbonyl (C=O) groups excluding carboxylic acids is 1. The average molecular weight is 220 g/mol. The maximum atomic E-state index is 12.0. The first-order chi connectivity index (χ1) is 7.58. The van der Waals surface area contributed by atoms with Gasteiger partial charge in [0.1, 0.15) is 5.75 Å². The molecule has 0 bridgehead atoms. The Labute approximate surface area is 94.7 Å². The molecule has 1 atom stereocenters. The number of benzene rings is 1. The zero-order chi connectivity index (χ0) is 11.7. The highest BCUT2D eigenvalue weighted by Gasteiger charge is 2.24. The second kappa shape index (κ2) is 4.14. The molecule has 86 valence electrons. The van der Waals surface area contributed by atoms with E-state index in [9.17, 15) is 9.90 Å². The molecule has 1 aromatic carbocycles. The van der Waals surface area contributed by atoms with E-state index in [1.54, 1.807) is 24.0 Å². The van der Waals surface area contributed by atoms with Crippen LogP contribution in [0.5, 0.6) is 5.75 Å². The molecule has 1 saturated heterocycles. The van der Waals surface area contributed by atoms with E-state index in [2.05, 4.69) is 0 Å². The number of amides is 1. The van der Waals surface area contributed by atoms with Gasteiger partial charge in [-0.15, -0.1) is 0 Å². The number of aryl methyl sites for hydroxylation is 1. The summed E-state index contributed by atoms with van der Waals surface area (Å²) in [7, 11) is 0. The van der Waals surface area contributed by atoms with Gasteiger partial charge < -0.3 is 15.7 Å². The van der Waals surface area contributed by atoms with E-state index in [0.717, 1.165) is 12.0 Å². The van der Waals surface area contributed by atoms with E-state index < -0.39 is 0 Å².